The number of amides is 1. The summed E-state index contributed by atoms with van der Waals surface area (Å²) in [5.74, 6) is 1.25. The van der Waals surface area contributed by atoms with Crippen LogP contribution in [-0.2, 0) is 17.9 Å². The smallest absolute Gasteiger partial charge is 0.223 e. The molecule has 0 atom stereocenters. The van der Waals surface area contributed by atoms with Crippen molar-refractivity contribution in [2.75, 3.05) is 51.2 Å². The summed E-state index contributed by atoms with van der Waals surface area (Å²) in [5, 5.41) is 4.35. The lowest BCUT2D eigenvalue weighted by Gasteiger charge is -2.32. The van der Waals surface area contributed by atoms with Crippen molar-refractivity contribution in [1.82, 2.24) is 25.1 Å². The molecule has 35 heavy (non-hydrogen) atoms. The van der Waals surface area contributed by atoms with Gasteiger partial charge in [0.25, 0.3) is 0 Å². The first-order valence-electron chi connectivity index (χ1n) is 12.7. The van der Waals surface area contributed by atoms with Crippen LogP contribution in [0.5, 0.6) is 0 Å². The molecular formula is C27H36N6OS. The molecule has 2 aromatic heterocycles. The predicted octanol–water partition coefficient (Wildman–Crippen LogP) is 3.59. The topological polar surface area (TPSA) is 64.6 Å². The van der Waals surface area contributed by atoms with Crippen LogP contribution in [0, 0.1) is 19.8 Å². The number of aryl methyl sites for hydroxylation is 2. The van der Waals surface area contributed by atoms with Gasteiger partial charge in [-0.25, -0.2) is 9.97 Å². The van der Waals surface area contributed by atoms with E-state index in [1.54, 1.807) is 17.7 Å². The van der Waals surface area contributed by atoms with Gasteiger partial charge in [0.2, 0.25) is 5.91 Å². The molecule has 0 radical (unpaired) electrons. The number of carbonyl (C=O) groups is 1. The summed E-state index contributed by atoms with van der Waals surface area (Å²) in [6.07, 6.45) is 3.37. The average molecular weight is 493 g/mol. The SMILES string of the molecule is Cc1sc2ncnc(N3CCC(C(=O)NCc4ccc(CN5CCN(C)CC5)cc4)CC3)c2c1C. The summed E-state index contributed by atoms with van der Waals surface area (Å²) in [6.45, 7) is 12.1. The fraction of sp³-hybridized carbons (Fsp3) is 0.519. The molecule has 0 bridgehead atoms. The van der Waals surface area contributed by atoms with Gasteiger partial charge in [0.15, 0.2) is 0 Å². The Labute approximate surface area is 212 Å². The number of likely N-dealkylation sites (N-methyl/N-ethyl adjacent to an activating group) is 1. The molecule has 1 N–H and O–H groups in total. The Morgan fingerprint density at radius 3 is 2.40 bits per heavy atom. The van der Waals surface area contributed by atoms with Crippen molar-refractivity contribution in [3.63, 3.8) is 0 Å². The van der Waals surface area contributed by atoms with E-state index in [-0.39, 0.29) is 11.8 Å². The molecule has 2 saturated heterocycles. The third kappa shape index (κ3) is 5.50. The number of piperidine rings is 1. The van der Waals surface area contributed by atoms with Crippen molar-refractivity contribution < 1.29 is 4.79 Å². The van der Waals surface area contributed by atoms with Crippen LogP contribution in [0.1, 0.15) is 34.4 Å². The van der Waals surface area contributed by atoms with Gasteiger partial charge < -0.3 is 15.1 Å². The molecule has 3 aromatic rings. The molecule has 4 heterocycles. The molecule has 0 spiro atoms. The van der Waals surface area contributed by atoms with Crippen molar-refractivity contribution in [2.24, 2.45) is 5.92 Å². The zero-order chi connectivity index (χ0) is 24.4. The molecule has 2 fully saturated rings. The molecule has 2 aliphatic heterocycles. The number of anilines is 1. The number of hydrogen-bond acceptors (Lipinski definition) is 7. The normalized spacial score (nSPS) is 18.3. The lowest BCUT2D eigenvalue weighted by atomic mass is 9.95. The molecule has 0 unspecified atom stereocenters. The second-order valence-electron chi connectivity index (χ2n) is 10.0. The van der Waals surface area contributed by atoms with Crippen molar-refractivity contribution in [3.05, 3.63) is 52.2 Å². The number of hydrogen-bond donors (Lipinski definition) is 1. The van der Waals surface area contributed by atoms with Gasteiger partial charge in [-0.1, -0.05) is 24.3 Å². The van der Waals surface area contributed by atoms with Gasteiger partial charge in [-0.15, -0.1) is 11.3 Å². The summed E-state index contributed by atoms with van der Waals surface area (Å²) in [6, 6.07) is 8.71. The summed E-state index contributed by atoms with van der Waals surface area (Å²) in [4.78, 5) is 31.5. The first kappa shape index (κ1) is 24.2. The molecule has 5 rings (SSSR count). The van der Waals surface area contributed by atoms with Gasteiger partial charge in [-0.05, 0) is 50.4 Å². The van der Waals surface area contributed by atoms with Crippen LogP contribution in [0.4, 0.5) is 5.82 Å². The fourth-order valence-corrected chi connectivity index (χ4v) is 6.11. The Hall–Kier alpha value is -2.55. The summed E-state index contributed by atoms with van der Waals surface area (Å²) in [5.41, 5.74) is 3.77. The molecule has 2 aliphatic rings. The Balaban J connectivity index is 1.11. The Kier molecular flexibility index (Phi) is 7.32. The Morgan fingerprint density at radius 1 is 1.00 bits per heavy atom. The number of piperazine rings is 1. The van der Waals surface area contributed by atoms with E-state index in [1.165, 1.54) is 21.4 Å². The van der Waals surface area contributed by atoms with Crippen LogP contribution in [0.2, 0.25) is 0 Å². The van der Waals surface area contributed by atoms with Crippen LogP contribution in [0.25, 0.3) is 10.2 Å². The van der Waals surface area contributed by atoms with Crippen LogP contribution in [0.3, 0.4) is 0 Å². The van der Waals surface area contributed by atoms with Crippen LogP contribution in [0.15, 0.2) is 30.6 Å². The third-order valence-electron chi connectivity index (χ3n) is 7.60. The van der Waals surface area contributed by atoms with Gasteiger partial charge in [-0.2, -0.15) is 0 Å². The molecule has 0 saturated carbocycles. The van der Waals surface area contributed by atoms with Crippen LogP contribution < -0.4 is 10.2 Å². The lowest BCUT2D eigenvalue weighted by molar-refractivity contribution is -0.125. The van der Waals surface area contributed by atoms with E-state index in [9.17, 15) is 4.79 Å². The third-order valence-corrected chi connectivity index (χ3v) is 8.72. The highest BCUT2D eigenvalue weighted by Crippen LogP contribution is 2.35. The van der Waals surface area contributed by atoms with E-state index in [0.717, 1.165) is 74.9 Å². The second kappa shape index (κ2) is 10.6. The quantitative estimate of drug-likeness (QED) is 0.567. The largest absolute Gasteiger partial charge is 0.356 e. The number of carbonyl (C=O) groups excluding carboxylic acids is 1. The maximum Gasteiger partial charge on any atom is 0.223 e. The zero-order valence-corrected chi connectivity index (χ0v) is 21.9. The molecule has 0 aliphatic carbocycles. The van der Waals surface area contributed by atoms with Crippen molar-refractivity contribution in [2.45, 2.75) is 39.8 Å². The van der Waals surface area contributed by atoms with E-state index in [2.05, 4.69) is 75.1 Å². The van der Waals surface area contributed by atoms with E-state index in [1.807, 2.05) is 0 Å². The first-order chi connectivity index (χ1) is 17.0. The molecule has 1 aromatic carbocycles. The van der Waals surface area contributed by atoms with Crippen molar-refractivity contribution in [1.29, 1.82) is 0 Å². The number of benzene rings is 1. The monoisotopic (exact) mass is 492 g/mol. The summed E-state index contributed by atoms with van der Waals surface area (Å²) >= 11 is 1.73. The minimum atomic E-state index is 0.0605. The van der Waals surface area contributed by atoms with Gasteiger partial charge >= 0.3 is 0 Å². The average Bonchev–Trinajstić information content (AvgIpc) is 3.18. The summed E-state index contributed by atoms with van der Waals surface area (Å²) < 4.78 is 0. The van der Waals surface area contributed by atoms with E-state index in [4.69, 9.17) is 0 Å². The second-order valence-corrected chi connectivity index (χ2v) is 11.2. The maximum atomic E-state index is 12.9. The van der Waals surface area contributed by atoms with Crippen molar-refractivity contribution >= 4 is 33.3 Å². The van der Waals surface area contributed by atoms with Crippen LogP contribution in [-0.4, -0.2) is 72.0 Å². The number of rotatable bonds is 6. The van der Waals surface area contributed by atoms with Gasteiger partial charge in [0, 0.05) is 63.2 Å². The maximum absolute atomic E-state index is 12.9. The molecule has 1 amide bonds. The summed E-state index contributed by atoms with van der Waals surface area (Å²) in [7, 11) is 2.19. The molecule has 186 valence electrons. The minimum Gasteiger partial charge on any atom is -0.356 e. The zero-order valence-electron chi connectivity index (χ0n) is 21.1. The number of aromatic nitrogens is 2. The standard InChI is InChI=1S/C27H36N6OS/c1-19-20(2)35-27-24(19)25(29-18-30-27)33-10-8-23(9-11-33)26(34)28-16-21-4-6-22(7-5-21)17-32-14-12-31(3)13-15-32/h4-7,18,23H,8-17H2,1-3H3,(H,28,34). The highest BCUT2D eigenvalue weighted by molar-refractivity contribution is 7.18. The number of thiophene rings is 1. The number of nitrogens with zero attached hydrogens (tertiary/aromatic N) is 5. The number of nitrogens with one attached hydrogen (secondary N) is 1. The van der Waals surface area contributed by atoms with Gasteiger partial charge in [0.05, 0.1) is 5.39 Å². The van der Waals surface area contributed by atoms with Crippen LogP contribution >= 0.6 is 11.3 Å². The van der Waals surface area contributed by atoms with E-state index >= 15 is 0 Å². The molecular weight excluding hydrogens is 456 g/mol. The lowest BCUT2D eigenvalue weighted by Crippen LogP contribution is -2.43. The highest BCUT2D eigenvalue weighted by atomic mass is 32.1. The van der Waals surface area contributed by atoms with E-state index < -0.39 is 0 Å². The Bertz CT molecular complexity index is 1160. The van der Waals surface area contributed by atoms with Crippen molar-refractivity contribution in [3.8, 4) is 0 Å². The fourth-order valence-electron chi connectivity index (χ4n) is 5.12. The number of fused-ring (bicyclic) bond motifs is 1. The highest BCUT2D eigenvalue weighted by Gasteiger charge is 2.27. The first-order valence-corrected chi connectivity index (χ1v) is 13.5. The molecule has 8 heteroatoms. The molecule has 7 nitrogen and oxygen atoms in total. The minimum absolute atomic E-state index is 0.0605. The van der Waals surface area contributed by atoms with Gasteiger partial charge in [0.1, 0.15) is 17.0 Å². The van der Waals surface area contributed by atoms with E-state index in [0.29, 0.717) is 6.54 Å². The Morgan fingerprint density at radius 2 is 1.69 bits per heavy atom. The predicted molar refractivity (Wildman–Crippen MR) is 143 cm³/mol. The van der Waals surface area contributed by atoms with Gasteiger partial charge in [-0.3, -0.25) is 9.69 Å².